The van der Waals surface area contributed by atoms with Crippen molar-refractivity contribution in [2.24, 2.45) is 0 Å². The number of hydrogen-bond donors (Lipinski definition) is 3. The van der Waals surface area contributed by atoms with Crippen LogP contribution in [0.3, 0.4) is 0 Å². The lowest BCUT2D eigenvalue weighted by Gasteiger charge is -2.21. The largest absolute Gasteiger partial charge is 0.504 e. The number of aliphatic hydroxyl groups excluding tert-OH is 1. The van der Waals surface area contributed by atoms with Gasteiger partial charge in [-0.05, 0) is 12.1 Å². The molecule has 0 fully saturated rings. The van der Waals surface area contributed by atoms with Crippen LogP contribution in [-0.2, 0) is 4.79 Å². The molecule has 0 saturated heterocycles. The van der Waals surface area contributed by atoms with Crippen LogP contribution >= 0.6 is 0 Å². The average molecular weight is 226 g/mol. The summed E-state index contributed by atoms with van der Waals surface area (Å²) in [5.74, 6) is -1.42. The number of aromatic hydroxyl groups is 1. The summed E-state index contributed by atoms with van der Waals surface area (Å²) in [5, 5.41) is 27.7. The average Bonchev–Trinajstić information content (AvgIpc) is 2.29. The second-order valence-corrected chi connectivity index (χ2v) is 3.27. The first-order valence-electron chi connectivity index (χ1n) is 4.63. The molecule has 6 heteroatoms. The Morgan fingerprint density at radius 3 is 2.69 bits per heavy atom. The molecule has 0 bridgehead atoms. The first kappa shape index (κ1) is 10.6. The summed E-state index contributed by atoms with van der Waals surface area (Å²) in [6, 6.07) is 2.75. The third-order valence-electron chi connectivity index (χ3n) is 2.24. The molecule has 0 aliphatic carbocycles. The zero-order valence-electron chi connectivity index (χ0n) is 8.21. The van der Waals surface area contributed by atoms with Crippen LogP contribution in [-0.4, -0.2) is 34.5 Å². The van der Waals surface area contributed by atoms with Crippen molar-refractivity contribution >= 4 is 5.97 Å². The summed E-state index contributed by atoms with van der Waals surface area (Å²) >= 11 is 0. The van der Waals surface area contributed by atoms with Gasteiger partial charge in [0, 0.05) is 5.56 Å². The fourth-order valence-electron chi connectivity index (χ4n) is 1.47. The van der Waals surface area contributed by atoms with Crippen molar-refractivity contribution in [3.8, 4) is 17.2 Å². The number of phenolic OH excluding ortho intramolecular Hbond substituents is 1. The molecular weight excluding hydrogens is 216 g/mol. The van der Waals surface area contributed by atoms with Crippen molar-refractivity contribution in [3.05, 3.63) is 17.7 Å². The van der Waals surface area contributed by atoms with Crippen LogP contribution in [0, 0.1) is 0 Å². The summed E-state index contributed by atoms with van der Waals surface area (Å²) < 4.78 is 10.3. The van der Waals surface area contributed by atoms with Gasteiger partial charge in [-0.3, -0.25) is 0 Å². The van der Waals surface area contributed by atoms with E-state index in [-0.39, 0.29) is 17.9 Å². The third kappa shape index (κ3) is 1.63. The molecule has 1 aromatic rings. The van der Waals surface area contributed by atoms with Gasteiger partial charge in [-0.15, -0.1) is 0 Å². The molecule has 6 nitrogen and oxygen atoms in total. The van der Waals surface area contributed by atoms with Crippen LogP contribution in [0.2, 0.25) is 0 Å². The van der Waals surface area contributed by atoms with Gasteiger partial charge in [-0.1, -0.05) is 0 Å². The van der Waals surface area contributed by atoms with Crippen molar-refractivity contribution in [2.75, 3.05) is 13.2 Å². The SMILES string of the molecule is O=C(O)C(O)c1ccc2c(c1O)OCCO2. The Labute approximate surface area is 90.7 Å². The number of carboxylic acid groups (broad SMARTS) is 1. The quantitative estimate of drug-likeness (QED) is 0.670. The smallest absolute Gasteiger partial charge is 0.337 e. The highest BCUT2D eigenvalue weighted by Crippen LogP contribution is 2.42. The normalized spacial score (nSPS) is 15.6. The molecule has 0 aromatic heterocycles. The van der Waals surface area contributed by atoms with Crippen LogP contribution < -0.4 is 9.47 Å². The lowest BCUT2D eigenvalue weighted by molar-refractivity contribution is -0.147. The predicted octanol–water partition coefficient (Wildman–Crippen LogP) is 0.281. The monoisotopic (exact) mass is 226 g/mol. The number of carbonyl (C=O) groups is 1. The fourth-order valence-corrected chi connectivity index (χ4v) is 1.47. The Morgan fingerprint density at radius 2 is 2.00 bits per heavy atom. The zero-order chi connectivity index (χ0) is 11.7. The summed E-state index contributed by atoms with van der Waals surface area (Å²) in [6.45, 7) is 0.639. The van der Waals surface area contributed by atoms with E-state index in [1.165, 1.54) is 12.1 Å². The maximum absolute atomic E-state index is 10.6. The molecular formula is C10H10O6. The Balaban J connectivity index is 2.45. The summed E-state index contributed by atoms with van der Waals surface area (Å²) in [4.78, 5) is 10.6. The molecule has 1 unspecified atom stereocenters. The van der Waals surface area contributed by atoms with Gasteiger partial charge in [-0.2, -0.15) is 0 Å². The minimum atomic E-state index is -1.78. The van der Waals surface area contributed by atoms with E-state index in [0.29, 0.717) is 12.4 Å². The van der Waals surface area contributed by atoms with E-state index in [2.05, 4.69) is 0 Å². The Bertz CT molecular complexity index is 428. The lowest BCUT2D eigenvalue weighted by atomic mass is 10.1. The third-order valence-corrected chi connectivity index (χ3v) is 2.24. The second-order valence-electron chi connectivity index (χ2n) is 3.27. The van der Waals surface area contributed by atoms with Gasteiger partial charge < -0.3 is 24.8 Å². The van der Waals surface area contributed by atoms with Crippen molar-refractivity contribution < 1.29 is 29.6 Å². The van der Waals surface area contributed by atoms with Crippen molar-refractivity contribution in [2.45, 2.75) is 6.10 Å². The lowest BCUT2D eigenvalue weighted by Crippen LogP contribution is -2.17. The first-order valence-corrected chi connectivity index (χ1v) is 4.63. The minimum absolute atomic E-state index is 0.0732. The van der Waals surface area contributed by atoms with E-state index in [1.807, 2.05) is 0 Å². The summed E-state index contributed by atoms with van der Waals surface area (Å²) in [6.07, 6.45) is -1.78. The van der Waals surface area contributed by atoms with Crippen LogP contribution in [0.4, 0.5) is 0 Å². The Morgan fingerprint density at radius 1 is 1.31 bits per heavy atom. The van der Waals surface area contributed by atoms with Crippen molar-refractivity contribution in [1.29, 1.82) is 0 Å². The summed E-state index contributed by atoms with van der Waals surface area (Å²) in [5.41, 5.74) is -0.114. The highest BCUT2D eigenvalue weighted by atomic mass is 16.6. The molecule has 86 valence electrons. The molecule has 1 aliphatic heterocycles. The first-order chi connectivity index (χ1) is 7.61. The molecule has 0 amide bonds. The van der Waals surface area contributed by atoms with Gasteiger partial charge in [0.1, 0.15) is 13.2 Å². The molecule has 1 heterocycles. The number of ether oxygens (including phenoxy) is 2. The van der Waals surface area contributed by atoms with E-state index in [1.54, 1.807) is 0 Å². The number of fused-ring (bicyclic) bond motifs is 1. The maximum atomic E-state index is 10.6. The second kappa shape index (κ2) is 3.90. The van der Waals surface area contributed by atoms with Crippen LogP contribution in [0.1, 0.15) is 11.7 Å². The number of carboxylic acids is 1. The molecule has 0 saturated carbocycles. The van der Waals surface area contributed by atoms with E-state index in [4.69, 9.17) is 14.6 Å². The molecule has 1 aromatic carbocycles. The molecule has 1 atom stereocenters. The van der Waals surface area contributed by atoms with Crippen molar-refractivity contribution in [3.63, 3.8) is 0 Å². The molecule has 16 heavy (non-hydrogen) atoms. The van der Waals surface area contributed by atoms with E-state index < -0.39 is 17.8 Å². The molecule has 0 spiro atoms. The number of phenols is 1. The topological polar surface area (TPSA) is 96.2 Å². The van der Waals surface area contributed by atoms with Crippen LogP contribution in [0.25, 0.3) is 0 Å². The molecule has 1 aliphatic rings. The van der Waals surface area contributed by atoms with Gasteiger partial charge in [0.05, 0.1) is 0 Å². The number of hydrogen-bond acceptors (Lipinski definition) is 5. The van der Waals surface area contributed by atoms with Gasteiger partial charge in [0.25, 0.3) is 0 Å². The highest BCUT2D eigenvalue weighted by molar-refractivity contribution is 5.76. The maximum Gasteiger partial charge on any atom is 0.337 e. The number of rotatable bonds is 2. The van der Waals surface area contributed by atoms with E-state index in [9.17, 15) is 15.0 Å². The highest BCUT2D eigenvalue weighted by Gasteiger charge is 2.25. The van der Waals surface area contributed by atoms with Crippen molar-refractivity contribution in [1.82, 2.24) is 0 Å². The number of benzene rings is 1. The van der Waals surface area contributed by atoms with Gasteiger partial charge in [0.15, 0.2) is 17.6 Å². The van der Waals surface area contributed by atoms with Crippen LogP contribution in [0.15, 0.2) is 12.1 Å². The number of aliphatic hydroxyl groups is 1. The summed E-state index contributed by atoms with van der Waals surface area (Å²) in [7, 11) is 0. The minimum Gasteiger partial charge on any atom is -0.504 e. The van der Waals surface area contributed by atoms with E-state index in [0.717, 1.165) is 0 Å². The predicted molar refractivity (Wildman–Crippen MR) is 51.7 cm³/mol. The van der Waals surface area contributed by atoms with E-state index >= 15 is 0 Å². The molecule has 2 rings (SSSR count). The van der Waals surface area contributed by atoms with Gasteiger partial charge >= 0.3 is 5.97 Å². The molecule has 0 radical (unpaired) electrons. The van der Waals surface area contributed by atoms with Crippen LogP contribution in [0.5, 0.6) is 17.2 Å². The molecule has 3 N–H and O–H groups in total. The number of aliphatic carboxylic acids is 1. The Hall–Kier alpha value is -1.95. The fraction of sp³-hybridized carbons (Fsp3) is 0.300. The Kier molecular flexibility index (Phi) is 2.57. The van der Waals surface area contributed by atoms with Gasteiger partial charge in [-0.25, -0.2) is 4.79 Å². The standard InChI is InChI=1S/C10H10O6/c11-7-5(8(12)10(13)14)1-2-6-9(7)16-4-3-15-6/h1-2,8,11-12H,3-4H2,(H,13,14). The zero-order valence-corrected chi connectivity index (χ0v) is 8.21. The van der Waals surface area contributed by atoms with Gasteiger partial charge in [0.2, 0.25) is 5.75 Å².